The molecular weight excluding hydrogens is 336 g/mol. The van der Waals surface area contributed by atoms with Crippen LogP contribution in [0, 0.1) is 0 Å². The molecule has 1 aliphatic heterocycles. The van der Waals surface area contributed by atoms with Crippen molar-refractivity contribution in [2.24, 2.45) is 7.05 Å². The topological polar surface area (TPSA) is 52.0 Å². The normalized spacial score (nSPS) is 20.9. The van der Waals surface area contributed by atoms with E-state index in [1.54, 1.807) is 0 Å². The summed E-state index contributed by atoms with van der Waals surface area (Å²) in [7, 11) is 2.01. The zero-order valence-corrected chi connectivity index (χ0v) is 14.9. The van der Waals surface area contributed by atoms with Crippen LogP contribution >= 0.6 is 11.6 Å². The van der Waals surface area contributed by atoms with Crippen molar-refractivity contribution in [3.05, 3.63) is 59.3 Å². The van der Waals surface area contributed by atoms with Gasteiger partial charge in [-0.15, -0.1) is 0 Å². The van der Waals surface area contributed by atoms with Gasteiger partial charge in [0.2, 0.25) is 0 Å². The lowest BCUT2D eigenvalue weighted by molar-refractivity contribution is -0.00402. The van der Waals surface area contributed by atoms with Crippen LogP contribution < -0.4 is 5.32 Å². The first-order chi connectivity index (χ1) is 12.2. The van der Waals surface area contributed by atoms with Crippen LogP contribution in [0.4, 0.5) is 0 Å². The summed E-state index contributed by atoms with van der Waals surface area (Å²) in [6.45, 7) is 1.53. The Balaban J connectivity index is 1.47. The van der Waals surface area contributed by atoms with Gasteiger partial charge in [-0.2, -0.15) is 0 Å². The second-order valence-electron chi connectivity index (χ2n) is 6.50. The predicted molar refractivity (Wildman–Crippen MR) is 98.5 cm³/mol. The number of aryl methyl sites for hydroxylation is 1. The molecule has 2 aromatic heterocycles. The molecule has 1 saturated heterocycles. The Labute approximate surface area is 152 Å². The SMILES string of the molecule is Cn1cncc1[C@@H]1C[C@H](NCc2ccc(Cl)c3cccnc23)CCO1. The van der Waals surface area contributed by atoms with Crippen LogP contribution in [0.15, 0.2) is 43.0 Å². The minimum Gasteiger partial charge on any atom is -0.372 e. The van der Waals surface area contributed by atoms with Crippen molar-refractivity contribution < 1.29 is 4.74 Å². The summed E-state index contributed by atoms with van der Waals surface area (Å²) in [5.41, 5.74) is 3.27. The molecule has 1 fully saturated rings. The fourth-order valence-electron chi connectivity index (χ4n) is 3.46. The van der Waals surface area contributed by atoms with Gasteiger partial charge >= 0.3 is 0 Å². The van der Waals surface area contributed by atoms with Crippen LogP contribution in [-0.4, -0.2) is 27.2 Å². The van der Waals surface area contributed by atoms with Gasteiger partial charge in [-0.25, -0.2) is 4.98 Å². The van der Waals surface area contributed by atoms with Gasteiger partial charge in [0.25, 0.3) is 0 Å². The number of fused-ring (bicyclic) bond motifs is 1. The molecular formula is C19H21ClN4O. The Kier molecular flexibility index (Phi) is 4.70. The number of hydrogen-bond donors (Lipinski definition) is 1. The van der Waals surface area contributed by atoms with Crippen molar-refractivity contribution in [3.8, 4) is 0 Å². The van der Waals surface area contributed by atoms with Crippen LogP contribution in [-0.2, 0) is 18.3 Å². The quantitative estimate of drug-likeness (QED) is 0.775. The maximum absolute atomic E-state index is 6.28. The number of imidazole rings is 1. The lowest BCUT2D eigenvalue weighted by atomic mass is 10.0. The summed E-state index contributed by atoms with van der Waals surface area (Å²) >= 11 is 6.28. The smallest absolute Gasteiger partial charge is 0.100 e. The number of rotatable bonds is 4. The molecule has 5 nitrogen and oxygen atoms in total. The van der Waals surface area contributed by atoms with Crippen molar-refractivity contribution in [3.63, 3.8) is 0 Å². The number of nitrogens with one attached hydrogen (secondary N) is 1. The van der Waals surface area contributed by atoms with Crippen molar-refractivity contribution in [2.75, 3.05) is 6.61 Å². The minimum atomic E-state index is 0.0961. The van der Waals surface area contributed by atoms with Crippen molar-refractivity contribution in [1.29, 1.82) is 0 Å². The van der Waals surface area contributed by atoms with E-state index in [9.17, 15) is 0 Å². The Bertz CT molecular complexity index is 879. The van der Waals surface area contributed by atoms with Gasteiger partial charge in [0, 0.05) is 42.8 Å². The van der Waals surface area contributed by atoms with Crippen LogP contribution in [0.1, 0.15) is 30.2 Å². The molecule has 1 aliphatic rings. The maximum atomic E-state index is 6.28. The van der Waals surface area contributed by atoms with E-state index < -0.39 is 0 Å². The highest BCUT2D eigenvalue weighted by molar-refractivity contribution is 6.35. The largest absolute Gasteiger partial charge is 0.372 e. The number of pyridine rings is 1. The molecule has 0 aliphatic carbocycles. The number of hydrogen-bond acceptors (Lipinski definition) is 4. The zero-order chi connectivity index (χ0) is 17.2. The third-order valence-corrected chi connectivity index (χ3v) is 5.18. The minimum absolute atomic E-state index is 0.0961. The summed E-state index contributed by atoms with van der Waals surface area (Å²) in [6, 6.07) is 8.35. The van der Waals surface area contributed by atoms with E-state index in [0.29, 0.717) is 6.04 Å². The van der Waals surface area contributed by atoms with E-state index in [-0.39, 0.29) is 6.10 Å². The van der Waals surface area contributed by atoms with E-state index in [1.807, 2.05) is 48.5 Å². The summed E-state index contributed by atoms with van der Waals surface area (Å²) in [5.74, 6) is 0. The van der Waals surface area contributed by atoms with E-state index in [2.05, 4.69) is 21.4 Å². The van der Waals surface area contributed by atoms with Gasteiger partial charge in [-0.3, -0.25) is 4.98 Å². The molecule has 3 heterocycles. The van der Waals surface area contributed by atoms with Gasteiger partial charge in [0.05, 0.1) is 23.7 Å². The van der Waals surface area contributed by atoms with Gasteiger partial charge in [-0.1, -0.05) is 17.7 Å². The lowest BCUT2D eigenvalue weighted by Gasteiger charge is -2.30. The molecule has 4 rings (SSSR count). The maximum Gasteiger partial charge on any atom is 0.100 e. The summed E-state index contributed by atoms with van der Waals surface area (Å²) in [4.78, 5) is 8.71. The van der Waals surface area contributed by atoms with Crippen LogP contribution in [0.3, 0.4) is 0 Å². The molecule has 0 amide bonds. The molecule has 1 aromatic carbocycles. The standard InChI is InChI=1S/C19H21ClN4O/c1-24-12-21-11-17(24)18-9-14(6-8-25-18)23-10-13-4-5-16(20)15-3-2-7-22-19(13)15/h2-5,7,11-12,14,18,23H,6,8-10H2,1H3/t14-,18+/m1/s1. The molecule has 2 atom stereocenters. The van der Waals surface area contributed by atoms with Gasteiger partial charge in [-0.05, 0) is 36.6 Å². The predicted octanol–water partition coefficient (Wildman–Crippen LogP) is 3.63. The van der Waals surface area contributed by atoms with Crippen LogP contribution in [0.2, 0.25) is 5.02 Å². The highest BCUT2D eigenvalue weighted by Gasteiger charge is 2.25. The average molecular weight is 357 g/mol. The van der Waals surface area contributed by atoms with Crippen LogP contribution in [0.25, 0.3) is 10.9 Å². The lowest BCUT2D eigenvalue weighted by Crippen LogP contribution is -2.36. The van der Waals surface area contributed by atoms with E-state index in [1.165, 1.54) is 5.56 Å². The Morgan fingerprint density at radius 3 is 3.12 bits per heavy atom. The second-order valence-corrected chi connectivity index (χ2v) is 6.90. The molecule has 0 unspecified atom stereocenters. The monoisotopic (exact) mass is 356 g/mol. The van der Waals surface area contributed by atoms with Gasteiger partial charge in [0.15, 0.2) is 0 Å². The summed E-state index contributed by atoms with van der Waals surface area (Å²) in [5, 5.41) is 5.42. The Morgan fingerprint density at radius 2 is 2.28 bits per heavy atom. The first-order valence-electron chi connectivity index (χ1n) is 8.55. The van der Waals surface area contributed by atoms with Crippen molar-refractivity contribution >= 4 is 22.5 Å². The van der Waals surface area contributed by atoms with Crippen molar-refractivity contribution in [1.82, 2.24) is 19.9 Å². The highest BCUT2D eigenvalue weighted by atomic mass is 35.5. The average Bonchev–Trinajstić information content (AvgIpc) is 3.08. The number of nitrogens with zero attached hydrogens (tertiary/aromatic N) is 3. The molecule has 0 bridgehead atoms. The molecule has 25 heavy (non-hydrogen) atoms. The molecule has 3 aromatic rings. The van der Waals surface area contributed by atoms with E-state index in [0.717, 1.165) is 47.6 Å². The van der Waals surface area contributed by atoms with Crippen molar-refractivity contribution in [2.45, 2.75) is 31.5 Å². The third kappa shape index (κ3) is 3.40. The van der Waals surface area contributed by atoms with E-state index >= 15 is 0 Å². The fourth-order valence-corrected chi connectivity index (χ4v) is 3.67. The third-order valence-electron chi connectivity index (χ3n) is 4.85. The Hall–Kier alpha value is -1.95. The summed E-state index contributed by atoms with van der Waals surface area (Å²) < 4.78 is 7.97. The number of ether oxygens (including phenoxy) is 1. The van der Waals surface area contributed by atoms with E-state index in [4.69, 9.17) is 16.3 Å². The zero-order valence-electron chi connectivity index (χ0n) is 14.2. The first kappa shape index (κ1) is 16.5. The molecule has 0 radical (unpaired) electrons. The van der Waals surface area contributed by atoms with Gasteiger partial charge in [0.1, 0.15) is 6.10 Å². The van der Waals surface area contributed by atoms with Gasteiger partial charge < -0.3 is 14.6 Å². The molecule has 1 N–H and O–H groups in total. The number of halogens is 1. The van der Waals surface area contributed by atoms with Crippen LogP contribution in [0.5, 0.6) is 0 Å². The molecule has 130 valence electrons. The number of aromatic nitrogens is 3. The molecule has 0 saturated carbocycles. The highest BCUT2D eigenvalue weighted by Crippen LogP contribution is 2.29. The second kappa shape index (κ2) is 7.12. The fraction of sp³-hybridized carbons (Fsp3) is 0.368. The Morgan fingerprint density at radius 1 is 1.36 bits per heavy atom. The number of benzene rings is 1. The first-order valence-corrected chi connectivity index (χ1v) is 8.93. The molecule has 6 heteroatoms. The summed E-state index contributed by atoms with van der Waals surface area (Å²) in [6.07, 6.45) is 7.57. The molecule has 0 spiro atoms.